The highest BCUT2D eigenvalue weighted by molar-refractivity contribution is 7.99. The molecule has 312 valence electrons. The van der Waals surface area contributed by atoms with Crippen molar-refractivity contribution < 1.29 is 49.3 Å². The van der Waals surface area contributed by atoms with Gasteiger partial charge in [-0.2, -0.15) is 0 Å². The molecule has 6 rings (SSSR count). The van der Waals surface area contributed by atoms with Crippen LogP contribution in [0, 0.1) is 11.8 Å². The number of carboxylic acid groups (broad SMARTS) is 1. The number of hydrogen-bond acceptors (Lipinski definition) is 14. The summed E-state index contributed by atoms with van der Waals surface area (Å²) in [5.41, 5.74) is 9.42. The van der Waals surface area contributed by atoms with E-state index in [0.717, 1.165) is 33.7 Å². The number of fused-ring (bicyclic) bond motifs is 4. The Balaban J connectivity index is 1.36. The lowest BCUT2D eigenvalue weighted by Crippen LogP contribution is -2.57. The molecule has 0 aromatic heterocycles. The van der Waals surface area contributed by atoms with Gasteiger partial charge in [0, 0.05) is 41.8 Å². The first-order chi connectivity index (χ1) is 27.6. The van der Waals surface area contributed by atoms with Crippen molar-refractivity contribution in [2.45, 2.75) is 110 Å². The molecule has 8 atom stereocenters. The van der Waals surface area contributed by atoms with Gasteiger partial charge in [-0.05, 0) is 106 Å². The van der Waals surface area contributed by atoms with Crippen LogP contribution in [-0.4, -0.2) is 122 Å². The Hall–Kier alpha value is -4.09. The molecule has 0 radical (unpaired) electrons. The number of allylic oxidation sites excluding steroid dienone is 9. The fourth-order valence-corrected chi connectivity index (χ4v) is 9.42. The molecule has 14 nitrogen and oxygen atoms in total. The zero-order valence-corrected chi connectivity index (χ0v) is 35.1. The Kier molecular flexibility index (Phi) is 13.5. The van der Waals surface area contributed by atoms with E-state index in [0.29, 0.717) is 77.0 Å². The molecule has 58 heavy (non-hydrogen) atoms. The van der Waals surface area contributed by atoms with Gasteiger partial charge in [-0.1, -0.05) is 13.8 Å². The molecule has 8 bridgehead atoms. The van der Waals surface area contributed by atoms with Crippen LogP contribution in [0.1, 0.15) is 74.1 Å². The molecule has 1 fully saturated rings. The number of methoxy groups -OCH3 is 1. The van der Waals surface area contributed by atoms with Crippen LogP contribution >= 0.6 is 11.8 Å². The SMILES string of the molecule is CCC1=C(C)C2=CC3=NC(=CC4=NC(=C(C)C5=NC(=CC1=N2)C(C)=C5C(=O)O)[C@@H](CCC(=O)OC)[C@@H]4C)C(C)=C3C(C)OCCCS[C@@H]1O[C@H](CO)[C@@H](O)[C@H](O)[C@H]1O. The van der Waals surface area contributed by atoms with Crippen molar-refractivity contribution in [2.75, 3.05) is 26.1 Å². The number of aliphatic imine (C=N–C) groups is 4. The van der Waals surface area contributed by atoms with E-state index in [2.05, 4.69) is 13.8 Å². The van der Waals surface area contributed by atoms with E-state index in [9.17, 15) is 35.1 Å². The van der Waals surface area contributed by atoms with Gasteiger partial charge in [0.1, 0.15) is 29.9 Å². The molecule has 5 N–H and O–H groups in total. The first kappa shape index (κ1) is 43.5. The molecule has 0 aliphatic carbocycles. The lowest BCUT2D eigenvalue weighted by atomic mass is 9.84. The second-order valence-corrected chi connectivity index (χ2v) is 16.5. The highest BCUT2D eigenvalue weighted by Crippen LogP contribution is 2.42. The summed E-state index contributed by atoms with van der Waals surface area (Å²) >= 11 is 1.28. The highest BCUT2D eigenvalue weighted by atomic mass is 32.2. The summed E-state index contributed by atoms with van der Waals surface area (Å²) in [5.74, 6) is -1.26. The van der Waals surface area contributed by atoms with Crippen LogP contribution in [0.25, 0.3) is 0 Å². The van der Waals surface area contributed by atoms with Gasteiger partial charge in [-0.15, -0.1) is 11.8 Å². The number of rotatable bonds is 13. The minimum Gasteiger partial charge on any atom is -0.478 e. The van der Waals surface area contributed by atoms with Gasteiger partial charge in [0.15, 0.2) is 0 Å². The van der Waals surface area contributed by atoms with Crippen molar-refractivity contribution >= 4 is 46.5 Å². The number of carbonyl (C=O) groups excluding carboxylic acids is 1. The summed E-state index contributed by atoms with van der Waals surface area (Å²) in [7, 11) is 1.36. The van der Waals surface area contributed by atoms with Crippen LogP contribution in [0.2, 0.25) is 0 Å². The van der Waals surface area contributed by atoms with Gasteiger partial charge in [0.25, 0.3) is 0 Å². The molecular weight excluding hydrogens is 765 g/mol. The predicted molar refractivity (Wildman–Crippen MR) is 223 cm³/mol. The third-order valence-corrected chi connectivity index (χ3v) is 13.1. The number of aliphatic hydroxyl groups excluding tert-OH is 4. The van der Waals surface area contributed by atoms with Crippen LogP contribution in [0.5, 0.6) is 0 Å². The summed E-state index contributed by atoms with van der Waals surface area (Å²) in [6, 6.07) is 0. The van der Waals surface area contributed by atoms with Gasteiger partial charge in [0.2, 0.25) is 0 Å². The van der Waals surface area contributed by atoms with Gasteiger partial charge in [-0.3, -0.25) is 9.79 Å². The summed E-state index contributed by atoms with van der Waals surface area (Å²) < 4.78 is 17.0. The maximum absolute atomic E-state index is 12.8. The maximum atomic E-state index is 12.8. The Labute approximate surface area is 343 Å². The smallest absolute Gasteiger partial charge is 0.338 e. The number of hydrogen-bond donors (Lipinski definition) is 5. The summed E-state index contributed by atoms with van der Waals surface area (Å²) in [6.45, 7) is 13.6. The van der Waals surface area contributed by atoms with Crippen LogP contribution < -0.4 is 0 Å². The second kappa shape index (κ2) is 18.0. The number of aliphatic carboxylic acids is 1. The van der Waals surface area contributed by atoms with Crippen molar-refractivity contribution in [3.05, 3.63) is 80.0 Å². The Morgan fingerprint density at radius 1 is 0.897 bits per heavy atom. The van der Waals surface area contributed by atoms with E-state index in [1.54, 1.807) is 6.92 Å². The topological polar surface area (TPSA) is 212 Å². The van der Waals surface area contributed by atoms with E-state index in [-0.39, 0.29) is 35.9 Å². The zero-order chi connectivity index (χ0) is 42.2. The van der Waals surface area contributed by atoms with Gasteiger partial charge < -0.3 is 39.7 Å². The van der Waals surface area contributed by atoms with Crippen molar-refractivity contribution in [2.24, 2.45) is 31.8 Å². The molecule has 0 aromatic carbocycles. The Morgan fingerprint density at radius 3 is 2.24 bits per heavy atom. The average Bonchev–Trinajstić information content (AvgIpc) is 3.89. The fourth-order valence-electron chi connectivity index (χ4n) is 8.32. The highest BCUT2D eigenvalue weighted by Gasteiger charge is 2.43. The second-order valence-electron chi connectivity index (χ2n) is 15.3. The summed E-state index contributed by atoms with van der Waals surface area (Å²) in [6.07, 6.45) is 2.22. The third kappa shape index (κ3) is 8.35. The van der Waals surface area contributed by atoms with Crippen molar-refractivity contribution in [1.29, 1.82) is 0 Å². The molecule has 0 amide bonds. The van der Waals surface area contributed by atoms with E-state index in [1.807, 2.05) is 45.9 Å². The normalized spacial score (nSPS) is 29.0. The molecule has 6 aliphatic rings. The van der Waals surface area contributed by atoms with Crippen molar-refractivity contribution in [1.82, 2.24) is 0 Å². The van der Waals surface area contributed by atoms with Gasteiger partial charge >= 0.3 is 11.9 Å². The molecule has 6 heterocycles. The van der Waals surface area contributed by atoms with Crippen LogP contribution in [0.4, 0.5) is 0 Å². The lowest BCUT2D eigenvalue weighted by molar-refractivity contribution is -0.205. The van der Waals surface area contributed by atoms with Crippen LogP contribution in [0.15, 0.2) is 100.0 Å². The van der Waals surface area contributed by atoms with Crippen LogP contribution in [0.3, 0.4) is 0 Å². The molecule has 1 saturated heterocycles. The number of ether oxygens (including phenoxy) is 3. The number of thioether (sulfide) groups is 1. The Morgan fingerprint density at radius 2 is 1.57 bits per heavy atom. The first-order valence-electron chi connectivity index (χ1n) is 19.8. The number of nitrogens with zero attached hydrogens (tertiary/aromatic N) is 4. The number of esters is 1. The largest absolute Gasteiger partial charge is 0.478 e. The first-order valence-corrected chi connectivity index (χ1v) is 20.8. The fraction of sp³-hybridized carbons (Fsp3) is 0.535. The minimum absolute atomic E-state index is 0.115. The van der Waals surface area contributed by atoms with Crippen molar-refractivity contribution in [3.63, 3.8) is 0 Å². The van der Waals surface area contributed by atoms with E-state index >= 15 is 0 Å². The molecule has 0 saturated carbocycles. The number of aliphatic hydroxyl groups is 4. The molecule has 15 heteroatoms. The predicted octanol–water partition coefficient (Wildman–Crippen LogP) is 4.72. The monoisotopic (exact) mass is 818 g/mol. The third-order valence-electron chi connectivity index (χ3n) is 11.8. The quantitative estimate of drug-likeness (QED) is 0.127. The molecular formula is C43H54N4O10S. The van der Waals surface area contributed by atoms with E-state index in [4.69, 9.17) is 34.2 Å². The van der Waals surface area contributed by atoms with Gasteiger partial charge in [-0.25, -0.2) is 19.8 Å². The molecule has 0 spiro atoms. The summed E-state index contributed by atoms with van der Waals surface area (Å²) in [5, 5.41) is 50.7. The van der Waals surface area contributed by atoms with Crippen LogP contribution in [-0.2, 0) is 23.8 Å². The maximum Gasteiger partial charge on any atom is 0.338 e. The van der Waals surface area contributed by atoms with E-state index in [1.165, 1.54) is 18.9 Å². The Bertz CT molecular complexity index is 2100. The van der Waals surface area contributed by atoms with E-state index < -0.39 is 42.4 Å². The molecule has 0 aromatic rings. The average molecular weight is 819 g/mol. The zero-order valence-electron chi connectivity index (χ0n) is 34.3. The molecule has 6 aliphatic heterocycles. The molecule has 1 unspecified atom stereocenters. The minimum atomic E-state index is -1.42. The number of carbonyl (C=O) groups is 2. The summed E-state index contributed by atoms with van der Waals surface area (Å²) in [4.78, 5) is 45.4. The number of carboxylic acids is 1. The van der Waals surface area contributed by atoms with Gasteiger partial charge in [0.05, 0.1) is 59.6 Å². The standard InChI is InChI=1S/C43H54N4O10S/c1-9-25-19(2)27-17-32-35(24(7)56-13-10-14-58-43-41(52)40(51)39(50)33(18-48)57-43)21(4)29(45-32)15-28-20(3)26(11-12-34(49)55-8)37(46-28)23(6)38-36(42(53)54)22(5)30(47-38)16-31(25)44-27/h15-17,20,24,26,33,39-41,43,48,50-52H,9-14,18H2,1-8H3,(H,53,54)/t20-,24?,26-,33+,39+,40-,41+,43-/m0/s1. The van der Waals surface area contributed by atoms with Crippen molar-refractivity contribution in [3.8, 4) is 0 Å². The lowest BCUT2D eigenvalue weighted by Gasteiger charge is -2.39.